The predicted molar refractivity (Wildman–Crippen MR) is 121 cm³/mol. The number of halogens is 3. The van der Waals surface area contributed by atoms with Crippen LogP contribution in [0.15, 0.2) is 55.0 Å². The van der Waals surface area contributed by atoms with Gasteiger partial charge in [-0.05, 0) is 61.2 Å². The molecule has 0 atom stereocenters. The summed E-state index contributed by atoms with van der Waals surface area (Å²) in [6.07, 6.45) is 4.76. The maximum Gasteiger partial charge on any atom is 0.407 e. The molecule has 33 heavy (non-hydrogen) atoms. The fourth-order valence-electron chi connectivity index (χ4n) is 3.09. The second-order valence-electron chi connectivity index (χ2n) is 8.32. The molecule has 9 heteroatoms. The fraction of sp³-hybridized carbons (Fsp3) is 0.292. The van der Waals surface area contributed by atoms with E-state index in [0.717, 1.165) is 16.7 Å². The second-order valence-corrected chi connectivity index (χ2v) is 8.76. The van der Waals surface area contributed by atoms with E-state index in [1.807, 2.05) is 6.07 Å². The summed E-state index contributed by atoms with van der Waals surface area (Å²) < 4.78 is 35.6. The van der Waals surface area contributed by atoms with Crippen LogP contribution in [0.5, 0.6) is 5.88 Å². The Morgan fingerprint density at radius 3 is 2.52 bits per heavy atom. The summed E-state index contributed by atoms with van der Waals surface area (Å²) in [7, 11) is 0. The molecule has 174 valence electrons. The van der Waals surface area contributed by atoms with Crippen LogP contribution in [0.2, 0.25) is 5.02 Å². The number of pyridine rings is 2. The number of hydrogen-bond donors (Lipinski definition) is 1. The first kappa shape index (κ1) is 24.4. The van der Waals surface area contributed by atoms with Crippen LogP contribution in [0.4, 0.5) is 13.6 Å². The third-order valence-electron chi connectivity index (χ3n) is 4.34. The van der Waals surface area contributed by atoms with Crippen LogP contribution in [-0.2, 0) is 17.7 Å². The first-order chi connectivity index (χ1) is 15.6. The number of carbonyl (C=O) groups excluding carboxylic acids is 1. The molecule has 0 aliphatic heterocycles. The summed E-state index contributed by atoms with van der Waals surface area (Å²) in [6, 6.07) is 10.5. The molecular weight excluding hydrogens is 452 g/mol. The highest BCUT2D eigenvalue weighted by Gasteiger charge is 2.16. The topological polar surface area (TPSA) is 73.3 Å². The molecule has 3 aromatic rings. The van der Waals surface area contributed by atoms with Gasteiger partial charge >= 0.3 is 12.7 Å². The third-order valence-corrected chi connectivity index (χ3v) is 4.57. The van der Waals surface area contributed by atoms with Crippen molar-refractivity contribution in [2.75, 3.05) is 0 Å². The highest BCUT2D eigenvalue weighted by Crippen LogP contribution is 2.32. The fourth-order valence-corrected chi connectivity index (χ4v) is 3.28. The van der Waals surface area contributed by atoms with Crippen molar-refractivity contribution in [1.82, 2.24) is 15.3 Å². The summed E-state index contributed by atoms with van der Waals surface area (Å²) >= 11 is 6.07. The summed E-state index contributed by atoms with van der Waals surface area (Å²) in [5, 5.41) is 3.16. The van der Waals surface area contributed by atoms with Crippen LogP contribution >= 0.6 is 11.6 Å². The minimum Gasteiger partial charge on any atom is -0.444 e. The minimum absolute atomic E-state index is 0.176. The zero-order chi connectivity index (χ0) is 24.0. The number of rotatable bonds is 7. The number of carbonyl (C=O) groups is 1. The van der Waals surface area contributed by atoms with Crippen molar-refractivity contribution in [3.8, 4) is 17.0 Å². The van der Waals surface area contributed by atoms with Crippen molar-refractivity contribution in [2.24, 2.45) is 0 Å². The molecular formula is C24H24ClF2N3O3. The van der Waals surface area contributed by atoms with Crippen LogP contribution in [0, 0.1) is 0 Å². The molecule has 1 N–H and O–H groups in total. The molecule has 0 saturated carbocycles. The van der Waals surface area contributed by atoms with Crippen LogP contribution < -0.4 is 10.1 Å². The molecule has 2 aromatic heterocycles. The number of benzene rings is 1. The average Bonchev–Trinajstić information content (AvgIpc) is 2.72. The quantitative estimate of drug-likeness (QED) is 0.452. The number of amides is 1. The zero-order valence-corrected chi connectivity index (χ0v) is 19.2. The van der Waals surface area contributed by atoms with E-state index in [2.05, 4.69) is 20.0 Å². The maximum atomic E-state index is 12.9. The van der Waals surface area contributed by atoms with E-state index >= 15 is 0 Å². The van der Waals surface area contributed by atoms with E-state index in [-0.39, 0.29) is 12.4 Å². The molecule has 1 amide bonds. The van der Waals surface area contributed by atoms with Gasteiger partial charge in [-0.1, -0.05) is 29.8 Å². The summed E-state index contributed by atoms with van der Waals surface area (Å²) in [5.41, 5.74) is 2.86. The van der Waals surface area contributed by atoms with Crippen LogP contribution in [0.1, 0.15) is 37.5 Å². The van der Waals surface area contributed by atoms with Gasteiger partial charge in [-0.3, -0.25) is 4.98 Å². The largest absolute Gasteiger partial charge is 0.444 e. The molecule has 0 saturated heterocycles. The molecule has 3 rings (SSSR count). The van der Waals surface area contributed by atoms with Gasteiger partial charge in [-0.2, -0.15) is 8.78 Å². The molecule has 0 fully saturated rings. The number of alkyl halides is 2. The van der Waals surface area contributed by atoms with E-state index < -0.39 is 18.3 Å². The van der Waals surface area contributed by atoms with E-state index in [1.54, 1.807) is 63.5 Å². The number of ether oxygens (including phenoxy) is 2. The lowest BCUT2D eigenvalue weighted by Gasteiger charge is -2.19. The number of nitrogens with one attached hydrogen (secondary N) is 1. The molecule has 0 aliphatic rings. The van der Waals surface area contributed by atoms with E-state index in [9.17, 15) is 13.6 Å². The number of aromatic nitrogens is 2. The van der Waals surface area contributed by atoms with Crippen LogP contribution in [0.3, 0.4) is 0 Å². The molecule has 2 heterocycles. The molecule has 0 unspecified atom stereocenters. The van der Waals surface area contributed by atoms with Crippen molar-refractivity contribution >= 4 is 17.7 Å². The summed E-state index contributed by atoms with van der Waals surface area (Å²) in [4.78, 5) is 20.2. The Morgan fingerprint density at radius 2 is 1.82 bits per heavy atom. The lowest BCUT2D eigenvalue weighted by atomic mass is 10.0. The maximum absolute atomic E-state index is 12.9. The first-order valence-electron chi connectivity index (χ1n) is 10.2. The molecule has 0 radical (unpaired) electrons. The van der Waals surface area contributed by atoms with E-state index in [0.29, 0.717) is 22.6 Å². The van der Waals surface area contributed by atoms with Crippen molar-refractivity contribution in [1.29, 1.82) is 0 Å². The first-order valence-corrected chi connectivity index (χ1v) is 10.6. The summed E-state index contributed by atoms with van der Waals surface area (Å²) in [5.74, 6) is -0.176. The van der Waals surface area contributed by atoms with Gasteiger partial charge in [0.2, 0.25) is 5.88 Å². The number of hydrogen-bond acceptors (Lipinski definition) is 5. The third kappa shape index (κ3) is 7.68. The Bertz CT molecular complexity index is 1120. The van der Waals surface area contributed by atoms with E-state index in [1.165, 1.54) is 6.20 Å². The number of alkyl carbamates (subject to hydrolysis) is 1. The van der Waals surface area contributed by atoms with Gasteiger partial charge in [0.1, 0.15) is 5.60 Å². The highest BCUT2D eigenvalue weighted by molar-refractivity contribution is 6.30. The predicted octanol–water partition coefficient (Wildman–Crippen LogP) is 6.01. The van der Waals surface area contributed by atoms with Gasteiger partial charge in [0.25, 0.3) is 0 Å². The SMILES string of the molecule is CC(C)(C)OC(=O)NCc1cncc(Cc2cnc(OC(F)F)c(-c3cccc(Cl)c3)c2)c1. The molecule has 0 aliphatic carbocycles. The van der Waals surface area contributed by atoms with Crippen molar-refractivity contribution in [2.45, 2.75) is 45.9 Å². The van der Waals surface area contributed by atoms with Gasteiger partial charge in [0.15, 0.2) is 0 Å². The Hall–Kier alpha value is -3.26. The molecule has 6 nitrogen and oxygen atoms in total. The Balaban J connectivity index is 1.78. The summed E-state index contributed by atoms with van der Waals surface area (Å²) in [6.45, 7) is 2.62. The zero-order valence-electron chi connectivity index (χ0n) is 18.4. The standard InChI is InChI=1S/C24H24ClF2N3O3/c1-24(2,3)33-23(31)30-14-17-8-15(11-28-12-17)7-16-9-20(18-5-4-6-19(25)10-18)21(29-13-16)32-22(26)27/h4-6,8-13,22H,7,14H2,1-3H3,(H,30,31). The minimum atomic E-state index is -3.00. The van der Waals surface area contributed by atoms with Crippen molar-refractivity contribution < 1.29 is 23.0 Å². The van der Waals surface area contributed by atoms with Crippen LogP contribution in [-0.4, -0.2) is 28.3 Å². The van der Waals surface area contributed by atoms with E-state index in [4.69, 9.17) is 16.3 Å². The lowest BCUT2D eigenvalue weighted by Crippen LogP contribution is -2.32. The molecule has 0 spiro atoms. The monoisotopic (exact) mass is 475 g/mol. The Labute approximate surface area is 195 Å². The number of nitrogens with zero attached hydrogens (tertiary/aromatic N) is 2. The smallest absolute Gasteiger partial charge is 0.407 e. The lowest BCUT2D eigenvalue weighted by molar-refractivity contribution is -0.0524. The Kier molecular flexibility index (Phi) is 7.81. The highest BCUT2D eigenvalue weighted by atomic mass is 35.5. The molecule has 0 bridgehead atoms. The van der Waals surface area contributed by atoms with Crippen molar-refractivity contribution in [3.05, 3.63) is 76.7 Å². The van der Waals surface area contributed by atoms with Gasteiger partial charge in [-0.15, -0.1) is 0 Å². The van der Waals surface area contributed by atoms with Crippen molar-refractivity contribution in [3.63, 3.8) is 0 Å². The normalized spacial score (nSPS) is 11.4. The van der Waals surface area contributed by atoms with Gasteiger partial charge < -0.3 is 14.8 Å². The van der Waals surface area contributed by atoms with Gasteiger partial charge in [0, 0.05) is 42.1 Å². The Morgan fingerprint density at radius 1 is 1.09 bits per heavy atom. The molecule has 1 aromatic carbocycles. The van der Waals surface area contributed by atoms with Gasteiger partial charge in [-0.25, -0.2) is 9.78 Å². The second kappa shape index (κ2) is 10.6. The van der Waals surface area contributed by atoms with Crippen LogP contribution in [0.25, 0.3) is 11.1 Å². The average molecular weight is 476 g/mol. The van der Waals surface area contributed by atoms with Gasteiger partial charge in [0.05, 0.1) is 0 Å².